The van der Waals surface area contributed by atoms with E-state index in [-0.39, 0.29) is 11.8 Å². The third-order valence-electron chi connectivity index (χ3n) is 5.77. The van der Waals surface area contributed by atoms with Crippen LogP contribution in [0.2, 0.25) is 0 Å². The molecule has 1 aromatic carbocycles. The van der Waals surface area contributed by atoms with Gasteiger partial charge in [0.25, 0.3) is 5.91 Å². The minimum atomic E-state index is -0.643. The van der Waals surface area contributed by atoms with Crippen molar-refractivity contribution >= 4 is 22.8 Å². The monoisotopic (exact) mass is 409 g/mol. The molecule has 8 nitrogen and oxygen atoms in total. The van der Waals surface area contributed by atoms with Crippen LogP contribution in [0.3, 0.4) is 0 Å². The SMILES string of the molecule is CCc1cc(CNC(=O)[C@]2(C)CCCN(C(=O)c3ccc4nc(C)[nH]c4c3)C2)on1. The van der Waals surface area contributed by atoms with Crippen molar-refractivity contribution < 1.29 is 14.1 Å². The van der Waals surface area contributed by atoms with E-state index in [0.29, 0.717) is 31.0 Å². The fraction of sp³-hybridized carbons (Fsp3) is 0.455. The molecule has 30 heavy (non-hydrogen) atoms. The van der Waals surface area contributed by atoms with E-state index < -0.39 is 5.41 Å². The molecular formula is C22H27N5O3. The van der Waals surface area contributed by atoms with Gasteiger partial charge in [0, 0.05) is 24.7 Å². The Hall–Kier alpha value is -3.16. The molecular weight excluding hydrogens is 382 g/mol. The van der Waals surface area contributed by atoms with Gasteiger partial charge in [0.15, 0.2) is 5.76 Å². The number of carbonyl (C=O) groups is 2. The number of benzene rings is 1. The standard InChI is InChI=1S/C22H27N5O3/c1-4-16-11-17(30-26-16)12-23-21(29)22(3)8-5-9-27(13-22)20(28)15-6-7-18-19(10-15)25-14(2)24-18/h6-7,10-11H,4-5,8-9,12-13H2,1-3H3,(H,23,29)(H,24,25)/t22-/m1/s1. The van der Waals surface area contributed by atoms with Gasteiger partial charge in [-0.2, -0.15) is 0 Å². The molecule has 1 atom stereocenters. The lowest BCUT2D eigenvalue weighted by molar-refractivity contribution is -0.132. The number of carbonyl (C=O) groups excluding carboxylic acids is 2. The molecule has 4 rings (SSSR count). The number of imidazole rings is 1. The first kappa shape index (κ1) is 20.1. The van der Waals surface area contributed by atoms with Crippen molar-refractivity contribution in [3.63, 3.8) is 0 Å². The zero-order valence-corrected chi connectivity index (χ0v) is 17.6. The molecule has 0 unspecified atom stereocenters. The van der Waals surface area contributed by atoms with Crippen molar-refractivity contribution in [2.24, 2.45) is 5.41 Å². The number of aromatic nitrogens is 3. The van der Waals surface area contributed by atoms with Crippen LogP contribution < -0.4 is 5.32 Å². The summed E-state index contributed by atoms with van der Waals surface area (Å²) in [6.45, 7) is 7.13. The van der Waals surface area contributed by atoms with E-state index in [1.807, 2.05) is 39.0 Å². The van der Waals surface area contributed by atoms with Crippen LogP contribution in [0.5, 0.6) is 0 Å². The Balaban J connectivity index is 1.43. The number of H-pyrrole nitrogens is 1. The number of aryl methyl sites for hydroxylation is 2. The van der Waals surface area contributed by atoms with E-state index in [1.165, 1.54) is 0 Å². The third-order valence-corrected chi connectivity index (χ3v) is 5.77. The first-order valence-corrected chi connectivity index (χ1v) is 10.4. The zero-order valence-electron chi connectivity index (χ0n) is 17.6. The molecule has 3 aromatic rings. The second kappa shape index (κ2) is 7.93. The summed E-state index contributed by atoms with van der Waals surface area (Å²) < 4.78 is 5.24. The summed E-state index contributed by atoms with van der Waals surface area (Å²) >= 11 is 0. The molecule has 2 N–H and O–H groups in total. The van der Waals surface area contributed by atoms with Gasteiger partial charge >= 0.3 is 0 Å². The van der Waals surface area contributed by atoms with E-state index in [4.69, 9.17) is 4.52 Å². The maximum Gasteiger partial charge on any atom is 0.253 e. The number of fused-ring (bicyclic) bond motifs is 1. The third kappa shape index (κ3) is 3.94. The van der Waals surface area contributed by atoms with Crippen LogP contribution in [-0.4, -0.2) is 44.9 Å². The van der Waals surface area contributed by atoms with Gasteiger partial charge in [0.05, 0.1) is 28.7 Å². The Labute approximate surface area is 175 Å². The van der Waals surface area contributed by atoms with E-state index in [1.54, 1.807) is 11.0 Å². The van der Waals surface area contributed by atoms with Crippen molar-refractivity contribution in [3.8, 4) is 0 Å². The number of amides is 2. The molecule has 2 amide bonds. The lowest BCUT2D eigenvalue weighted by Crippen LogP contribution is -2.51. The maximum absolute atomic E-state index is 13.1. The highest BCUT2D eigenvalue weighted by Crippen LogP contribution is 2.31. The van der Waals surface area contributed by atoms with Gasteiger partial charge in [-0.15, -0.1) is 0 Å². The summed E-state index contributed by atoms with van der Waals surface area (Å²) in [6, 6.07) is 7.33. The van der Waals surface area contributed by atoms with Gasteiger partial charge < -0.3 is 19.7 Å². The van der Waals surface area contributed by atoms with Crippen LogP contribution in [0.4, 0.5) is 0 Å². The molecule has 0 aliphatic carbocycles. The quantitative estimate of drug-likeness (QED) is 0.674. The molecule has 0 bridgehead atoms. The van der Waals surface area contributed by atoms with E-state index in [2.05, 4.69) is 20.4 Å². The van der Waals surface area contributed by atoms with Crippen LogP contribution in [0.25, 0.3) is 11.0 Å². The number of piperidine rings is 1. The summed E-state index contributed by atoms with van der Waals surface area (Å²) in [4.78, 5) is 35.4. The van der Waals surface area contributed by atoms with Gasteiger partial charge in [-0.25, -0.2) is 4.98 Å². The highest BCUT2D eigenvalue weighted by Gasteiger charge is 2.39. The minimum absolute atomic E-state index is 0.0642. The van der Waals surface area contributed by atoms with E-state index in [9.17, 15) is 9.59 Å². The van der Waals surface area contributed by atoms with Gasteiger partial charge in [-0.05, 0) is 51.3 Å². The van der Waals surface area contributed by atoms with E-state index in [0.717, 1.165) is 41.8 Å². The van der Waals surface area contributed by atoms with Crippen molar-refractivity contribution in [3.05, 3.63) is 47.1 Å². The molecule has 1 saturated heterocycles. The van der Waals surface area contributed by atoms with Gasteiger partial charge in [0.2, 0.25) is 5.91 Å². The molecule has 1 fully saturated rings. The van der Waals surface area contributed by atoms with Crippen LogP contribution in [0, 0.1) is 12.3 Å². The highest BCUT2D eigenvalue weighted by atomic mass is 16.5. The Morgan fingerprint density at radius 1 is 1.33 bits per heavy atom. The second-order valence-electron chi connectivity index (χ2n) is 8.27. The Kier molecular flexibility index (Phi) is 5.32. The maximum atomic E-state index is 13.1. The first-order valence-electron chi connectivity index (χ1n) is 10.4. The summed E-state index contributed by atoms with van der Waals surface area (Å²) in [5, 5.41) is 6.90. The van der Waals surface area contributed by atoms with Crippen molar-refractivity contribution in [1.82, 2.24) is 25.3 Å². The Morgan fingerprint density at radius 3 is 2.93 bits per heavy atom. The number of nitrogens with zero attached hydrogens (tertiary/aromatic N) is 3. The number of hydrogen-bond acceptors (Lipinski definition) is 5. The van der Waals surface area contributed by atoms with Crippen LogP contribution in [0.15, 0.2) is 28.8 Å². The molecule has 8 heteroatoms. The molecule has 0 radical (unpaired) electrons. The number of nitrogens with one attached hydrogen (secondary N) is 2. The predicted octanol–water partition coefficient (Wildman–Crippen LogP) is 2.98. The summed E-state index contributed by atoms with van der Waals surface area (Å²) in [7, 11) is 0. The zero-order chi connectivity index (χ0) is 21.3. The molecule has 1 aliphatic heterocycles. The molecule has 0 saturated carbocycles. The van der Waals surface area contributed by atoms with Gasteiger partial charge in [-0.3, -0.25) is 9.59 Å². The minimum Gasteiger partial charge on any atom is -0.359 e. The fourth-order valence-electron chi connectivity index (χ4n) is 4.04. The normalized spacial score (nSPS) is 19.2. The number of likely N-dealkylation sites (tertiary alicyclic amines) is 1. The summed E-state index contributed by atoms with van der Waals surface area (Å²) in [5.74, 6) is 1.31. The van der Waals surface area contributed by atoms with Crippen molar-refractivity contribution in [2.45, 2.75) is 46.6 Å². The van der Waals surface area contributed by atoms with Crippen LogP contribution >= 0.6 is 0 Å². The van der Waals surface area contributed by atoms with E-state index >= 15 is 0 Å². The summed E-state index contributed by atoms with van der Waals surface area (Å²) in [5.41, 5.74) is 2.50. The molecule has 2 aromatic heterocycles. The number of rotatable bonds is 5. The largest absolute Gasteiger partial charge is 0.359 e. The average molecular weight is 409 g/mol. The Bertz CT molecular complexity index is 1090. The summed E-state index contributed by atoms with van der Waals surface area (Å²) in [6.07, 6.45) is 2.30. The predicted molar refractivity (Wildman–Crippen MR) is 112 cm³/mol. The number of aromatic amines is 1. The molecule has 1 aliphatic rings. The van der Waals surface area contributed by atoms with Crippen LogP contribution in [-0.2, 0) is 17.8 Å². The highest BCUT2D eigenvalue weighted by molar-refractivity contribution is 5.98. The number of hydrogen-bond donors (Lipinski definition) is 2. The van der Waals surface area contributed by atoms with Crippen molar-refractivity contribution in [1.29, 1.82) is 0 Å². The fourth-order valence-corrected chi connectivity index (χ4v) is 4.04. The smallest absolute Gasteiger partial charge is 0.253 e. The second-order valence-corrected chi connectivity index (χ2v) is 8.27. The first-order chi connectivity index (χ1) is 14.4. The molecule has 0 spiro atoms. The lowest BCUT2D eigenvalue weighted by atomic mass is 9.80. The molecule has 3 heterocycles. The Morgan fingerprint density at radius 2 is 2.17 bits per heavy atom. The average Bonchev–Trinajstić information content (AvgIpc) is 3.35. The van der Waals surface area contributed by atoms with Crippen LogP contribution in [0.1, 0.15) is 54.3 Å². The van der Waals surface area contributed by atoms with Gasteiger partial charge in [0.1, 0.15) is 5.82 Å². The van der Waals surface area contributed by atoms with Gasteiger partial charge in [-0.1, -0.05) is 12.1 Å². The van der Waals surface area contributed by atoms with Crippen molar-refractivity contribution in [2.75, 3.05) is 13.1 Å². The molecule has 158 valence electrons. The lowest BCUT2D eigenvalue weighted by Gasteiger charge is -2.39. The topological polar surface area (TPSA) is 104 Å².